The van der Waals surface area contributed by atoms with Crippen molar-refractivity contribution in [3.05, 3.63) is 29.8 Å². The second-order valence-electron chi connectivity index (χ2n) is 7.23. The summed E-state index contributed by atoms with van der Waals surface area (Å²) in [7, 11) is -3.55. The molecule has 0 radical (unpaired) electrons. The number of rotatable bonds is 14. The molecule has 0 saturated carbocycles. The van der Waals surface area contributed by atoms with Gasteiger partial charge in [0, 0.05) is 5.71 Å². The fourth-order valence-corrected chi connectivity index (χ4v) is 3.76. The van der Waals surface area contributed by atoms with Crippen LogP contribution in [0.5, 0.6) is 0 Å². The highest BCUT2D eigenvalue weighted by atomic mass is 32.2. The van der Waals surface area contributed by atoms with Crippen LogP contribution in [0.25, 0.3) is 0 Å². The Morgan fingerprint density at radius 2 is 1.35 bits per heavy atom. The van der Waals surface area contributed by atoms with Crippen LogP contribution in [0, 0.1) is 0 Å². The van der Waals surface area contributed by atoms with Gasteiger partial charge in [-0.15, -0.1) is 0 Å². The maximum atomic E-state index is 12.1. The highest BCUT2D eigenvalue weighted by Crippen LogP contribution is 2.15. The summed E-state index contributed by atoms with van der Waals surface area (Å²) >= 11 is 0. The van der Waals surface area contributed by atoms with E-state index in [-0.39, 0.29) is 4.90 Å². The topological polar surface area (TPSA) is 58.5 Å². The van der Waals surface area contributed by atoms with E-state index in [1.165, 1.54) is 69.8 Å². The van der Waals surface area contributed by atoms with Crippen LogP contribution in [0.15, 0.2) is 34.3 Å². The number of unbranched alkanes of at least 4 members (excludes halogenated alkanes) is 9. The first kappa shape index (κ1) is 22.7. The van der Waals surface area contributed by atoms with Crippen molar-refractivity contribution >= 4 is 15.7 Å². The van der Waals surface area contributed by atoms with Crippen LogP contribution in [0.3, 0.4) is 0 Å². The van der Waals surface area contributed by atoms with Crippen LogP contribution < -0.4 is 4.83 Å². The van der Waals surface area contributed by atoms with Crippen molar-refractivity contribution < 1.29 is 8.42 Å². The molecule has 26 heavy (non-hydrogen) atoms. The lowest BCUT2D eigenvalue weighted by molar-refractivity contribution is 0.556. The first-order valence-corrected chi connectivity index (χ1v) is 11.6. The zero-order valence-corrected chi connectivity index (χ0v) is 17.6. The molecule has 0 fully saturated rings. The summed E-state index contributed by atoms with van der Waals surface area (Å²) in [5.41, 5.74) is 1.87. The maximum Gasteiger partial charge on any atom is 0.276 e. The van der Waals surface area contributed by atoms with E-state index < -0.39 is 10.0 Å². The lowest BCUT2D eigenvalue weighted by atomic mass is 10.0. The van der Waals surface area contributed by atoms with Gasteiger partial charge < -0.3 is 0 Å². The Hall–Kier alpha value is -1.36. The molecule has 1 N–H and O–H groups in total. The molecule has 1 aromatic rings. The normalized spacial score (nSPS) is 11.3. The van der Waals surface area contributed by atoms with Crippen LogP contribution >= 0.6 is 0 Å². The average Bonchev–Trinajstić information content (AvgIpc) is 2.62. The van der Waals surface area contributed by atoms with E-state index in [1.807, 2.05) is 12.1 Å². The van der Waals surface area contributed by atoms with E-state index in [0.29, 0.717) is 5.71 Å². The monoisotopic (exact) mass is 380 g/mol. The van der Waals surface area contributed by atoms with Crippen molar-refractivity contribution in [3.8, 4) is 0 Å². The molecule has 0 spiro atoms. The SMILES string of the molecule is CCCCCCCCCCCCc1ccc(S(=O)(=O)NN=C(C)C)cc1. The summed E-state index contributed by atoms with van der Waals surface area (Å²) in [4.78, 5) is 2.50. The van der Waals surface area contributed by atoms with E-state index in [0.717, 1.165) is 6.42 Å². The summed E-state index contributed by atoms with van der Waals surface area (Å²) in [6.07, 6.45) is 14.3. The van der Waals surface area contributed by atoms with Crippen molar-refractivity contribution in [2.75, 3.05) is 0 Å². The van der Waals surface area contributed by atoms with Gasteiger partial charge in [0.1, 0.15) is 0 Å². The molecule has 0 aliphatic rings. The third kappa shape index (κ3) is 9.95. The Bertz CT molecular complexity index is 618. The molecule has 0 amide bonds. The Labute approximate surface area is 160 Å². The Morgan fingerprint density at radius 3 is 1.85 bits per heavy atom. The molecular formula is C21H36N2O2S. The van der Waals surface area contributed by atoms with Crippen LogP contribution in [-0.4, -0.2) is 14.1 Å². The van der Waals surface area contributed by atoms with E-state index in [1.54, 1.807) is 26.0 Å². The highest BCUT2D eigenvalue weighted by Gasteiger charge is 2.12. The van der Waals surface area contributed by atoms with Gasteiger partial charge in [-0.2, -0.15) is 13.5 Å². The fourth-order valence-electron chi connectivity index (χ4n) is 2.86. The molecule has 0 bridgehead atoms. The fraction of sp³-hybridized carbons (Fsp3) is 0.667. The average molecular weight is 381 g/mol. The van der Waals surface area contributed by atoms with Gasteiger partial charge in [0.15, 0.2) is 0 Å². The smallest absolute Gasteiger partial charge is 0.200 e. The van der Waals surface area contributed by atoms with Gasteiger partial charge in [-0.1, -0.05) is 76.8 Å². The van der Waals surface area contributed by atoms with E-state index in [2.05, 4.69) is 16.9 Å². The predicted octanol–water partition coefficient (Wildman–Crippen LogP) is 5.82. The minimum absolute atomic E-state index is 0.259. The van der Waals surface area contributed by atoms with Gasteiger partial charge in [-0.05, 0) is 44.4 Å². The molecule has 4 nitrogen and oxygen atoms in total. The summed E-state index contributed by atoms with van der Waals surface area (Å²) in [5, 5.41) is 3.78. The molecule has 0 heterocycles. The van der Waals surface area contributed by atoms with Gasteiger partial charge in [-0.3, -0.25) is 0 Å². The van der Waals surface area contributed by atoms with E-state index >= 15 is 0 Å². The zero-order chi connectivity index (χ0) is 19.3. The Kier molecular flexibility index (Phi) is 11.3. The van der Waals surface area contributed by atoms with Gasteiger partial charge in [0.25, 0.3) is 10.0 Å². The predicted molar refractivity (Wildman–Crippen MR) is 111 cm³/mol. The van der Waals surface area contributed by atoms with Gasteiger partial charge in [0.05, 0.1) is 4.90 Å². The lowest BCUT2D eigenvalue weighted by Gasteiger charge is -2.06. The summed E-state index contributed by atoms with van der Waals surface area (Å²) in [6.45, 7) is 5.75. The quantitative estimate of drug-likeness (QED) is 0.251. The highest BCUT2D eigenvalue weighted by molar-refractivity contribution is 7.89. The first-order chi connectivity index (χ1) is 12.5. The number of benzene rings is 1. The second-order valence-corrected chi connectivity index (χ2v) is 8.89. The molecule has 0 aliphatic heterocycles. The zero-order valence-electron chi connectivity index (χ0n) is 16.8. The van der Waals surface area contributed by atoms with Gasteiger partial charge in [-0.25, -0.2) is 4.83 Å². The third-order valence-corrected chi connectivity index (χ3v) is 5.67. The van der Waals surface area contributed by atoms with Crippen molar-refractivity contribution in [2.45, 2.75) is 96.3 Å². The minimum Gasteiger partial charge on any atom is -0.200 e. The molecule has 1 rings (SSSR count). The Balaban J connectivity index is 2.22. The lowest BCUT2D eigenvalue weighted by Crippen LogP contribution is -2.19. The molecule has 1 aromatic carbocycles. The minimum atomic E-state index is -3.55. The number of sulfonamides is 1. The number of nitrogens with one attached hydrogen (secondary N) is 1. The molecular weight excluding hydrogens is 344 g/mol. The number of hydrogen-bond donors (Lipinski definition) is 1. The molecule has 0 aromatic heterocycles. The van der Waals surface area contributed by atoms with E-state index in [9.17, 15) is 8.42 Å². The van der Waals surface area contributed by atoms with Crippen molar-refractivity contribution in [1.82, 2.24) is 4.83 Å². The molecule has 148 valence electrons. The summed E-state index contributed by atoms with van der Waals surface area (Å²) in [5.74, 6) is 0. The molecule has 0 saturated heterocycles. The van der Waals surface area contributed by atoms with Crippen LogP contribution in [-0.2, 0) is 16.4 Å². The molecule has 0 unspecified atom stereocenters. The first-order valence-electron chi connectivity index (χ1n) is 10.1. The van der Waals surface area contributed by atoms with Gasteiger partial charge >= 0.3 is 0 Å². The van der Waals surface area contributed by atoms with Crippen LogP contribution in [0.4, 0.5) is 0 Å². The van der Waals surface area contributed by atoms with Crippen molar-refractivity contribution in [3.63, 3.8) is 0 Å². The van der Waals surface area contributed by atoms with Crippen molar-refractivity contribution in [1.29, 1.82) is 0 Å². The maximum absolute atomic E-state index is 12.1. The third-order valence-electron chi connectivity index (χ3n) is 4.44. The molecule has 0 aliphatic carbocycles. The van der Waals surface area contributed by atoms with Crippen LogP contribution in [0.1, 0.15) is 90.5 Å². The van der Waals surface area contributed by atoms with Crippen molar-refractivity contribution in [2.24, 2.45) is 5.10 Å². The number of nitrogens with zero attached hydrogens (tertiary/aromatic N) is 1. The van der Waals surface area contributed by atoms with E-state index in [4.69, 9.17) is 0 Å². The molecule has 5 heteroatoms. The number of hydrazone groups is 1. The summed E-state index contributed by atoms with van der Waals surface area (Å²) < 4.78 is 24.1. The number of aryl methyl sites for hydroxylation is 1. The summed E-state index contributed by atoms with van der Waals surface area (Å²) in [6, 6.07) is 7.14. The molecule has 0 atom stereocenters. The van der Waals surface area contributed by atoms with Crippen LogP contribution in [0.2, 0.25) is 0 Å². The number of hydrogen-bond acceptors (Lipinski definition) is 3. The van der Waals surface area contributed by atoms with Gasteiger partial charge in [0.2, 0.25) is 0 Å². The largest absolute Gasteiger partial charge is 0.276 e. The Morgan fingerprint density at radius 1 is 0.846 bits per heavy atom. The second kappa shape index (κ2) is 12.9. The standard InChI is InChI=1S/C21H36N2O2S/c1-4-5-6-7-8-9-10-11-12-13-14-20-15-17-21(18-16-20)26(24,25)23-22-19(2)3/h15-18,23H,4-14H2,1-3H3.